The van der Waals surface area contributed by atoms with Crippen molar-refractivity contribution < 1.29 is 13.9 Å². The molecule has 2 aromatic rings. The predicted octanol–water partition coefficient (Wildman–Crippen LogP) is 2.42. The van der Waals surface area contributed by atoms with Gasteiger partial charge >= 0.3 is 0 Å². The summed E-state index contributed by atoms with van der Waals surface area (Å²) < 4.78 is 18.5. The topological polar surface area (TPSA) is 45.4 Å². The molecule has 96 valence electrons. The lowest BCUT2D eigenvalue weighted by atomic mass is 10.0. The number of nitrogens with one attached hydrogen (secondary N) is 1. The van der Waals surface area contributed by atoms with Gasteiger partial charge in [-0.25, -0.2) is 4.39 Å². The van der Waals surface area contributed by atoms with Crippen molar-refractivity contribution in [2.24, 2.45) is 0 Å². The van der Waals surface area contributed by atoms with Crippen LogP contribution < -0.4 is 5.32 Å². The van der Waals surface area contributed by atoms with E-state index in [9.17, 15) is 9.50 Å². The van der Waals surface area contributed by atoms with Crippen LogP contribution in [-0.2, 0) is 12.1 Å². The first-order chi connectivity index (χ1) is 8.59. The Balaban J connectivity index is 1.91. The molecule has 0 spiro atoms. The maximum absolute atomic E-state index is 13.4. The standard InChI is InChI=1S/C14H16FNO2/c1-14(17,13-7-4-8-18-13)10-16-9-11-5-2-3-6-12(11)15/h2-8,16-17H,9-10H2,1H3. The predicted molar refractivity (Wildman–Crippen MR) is 66.4 cm³/mol. The lowest BCUT2D eigenvalue weighted by Crippen LogP contribution is -2.34. The zero-order valence-corrected chi connectivity index (χ0v) is 10.2. The van der Waals surface area contributed by atoms with Gasteiger partial charge in [-0.05, 0) is 25.1 Å². The second kappa shape index (κ2) is 5.33. The monoisotopic (exact) mass is 249 g/mol. The molecule has 0 aliphatic rings. The van der Waals surface area contributed by atoms with E-state index in [1.165, 1.54) is 12.3 Å². The average molecular weight is 249 g/mol. The van der Waals surface area contributed by atoms with Gasteiger partial charge in [-0.1, -0.05) is 18.2 Å². The highest BCUT2D eigenvalue weighted by Crippen LogP contribution is 2.20. The Hall–Kier alpha value is -1.65. The molecule has 0 saturated heterocycles. The van der Waals surface area contributed by atoms with Gasteiger partial charge < -0.3 is 14.8 Å². The van der Waals surface area contributed by atoms with Crippen molar-refractivity contribution in [3.05, 3.63) is 59.8 Å². The van der Waals surface area contributed by atoms with Crippen LogP contribution in [0, 0.1) is 5.82 Å². The molecule has 1 aromatic carbocycles. The highest BCUT2D eigenvalue weighted by molar-refractivity contribution is 5.17. The molecule has 1 unspecified atom stereocenters. The fourth-order valence-corrected chi connectivity index (χ4v) is 1.75. The zero-order chi connectivity index (χ0) is 13.0. The molecule has 0 bridgehead atoms. The molecular weight excluding hydrogens is 233 g/mol. The maximum Gasteiger partial charge on any atom is 0.136 e. The Bertz CT molecular complexity index is 494. The smallest absolute Gasteiger partial charge is 0.136 e. The van der Waals surface area contributed by atoms with Crippen LogP contribution in [-0.4, -0.2) is 11.7 Å². The SMILES string of the molecule is CC(O)(CNCc1ccccc1F)c1ccco1. The van der Waals surface area contributed by atoms with Crippen LogP contribution in [0.15, 0.2) is 47.1 Å². The molecule has 0 radical (unpaired) electrons. The number of hydrogen-bond donors (Lipinski definition) is 2. The van der Waals surface area contributed by atoms with Crippen molar-refractivity contribution in [2.45, 2.75) is 19.1 Å². The minimum absolute atomic E-state index is 0.248. The van der Waals surface area contributed by atoms with E-state index in [0.717, 1.165) is 0 Å². The molecule has 1 atom stereocenters. The van der Waals surface area contributed by atoms with Crippen LogP contribution in [0.3, 0.4) is 0 Å². The molecule has 2 rings (SSSR count). The number of furan rings is 1. The lowest BCUT2D eigenvalue weighted by Gasteiger charge is -2.21. The minimum atomic E-state index is -1.10. The third kappa shape index (κ3) is 2.97. The van der Waals surface area contributed by atoms with Crippen molar-refractivity contribution in [1.29, 1.82) is 0 Å². The van der Waals surface area contributed by atoms with E-state index >= 15 is 0 Å². The molecule has 3 nitrogen and oxygen atoms in total. The van der Waals surface area contributed by atoms with Crippen LogP contribution in [0.25, 0.3) is 0 Å². The summed E-state index contributed by atoms with van der Waals surface area (Å²) in [6, 6.07) is 10.00. The van der Waals surface area contributed by atoms with Gasteiger partial charge in [0.25, 0.3) is 0 Å². The first-order valence-electron chi connectivity index (χ1n) is 5.80. The Morgan fingerprint density at radius 1 is 1.28 bits per heavy atom. The van der Waals surface area contributed by atoms with Gasteiger partial charge in [0.05, 0.1) is 6.26 Å². The van der Waals surface area contributed by atoms with Gasteiger partial charge in [-0.2, -0.15) is 0 Å². The summed E-state index contributed by atoms with van der Waals surface area (Å²) in [6.07, 6.45) is 1.51. The summed E-state index contributed by atoms with van der Waals surface area (Å²) in [4.78, 5) is 0. The Morgan fingerprint density at radius 2 is 2.06 bits per heavy atom. The summed E-state index contributed by atoms with van der Waals surface area (Å²) in [5, 5.41) is 13.2. The molecule has 18 heavy (non-hydrogen) atoms. The molecule has 4 heteroatoms. The number of aliphatic hydroxyl groups is 1. The van der Waals surface area contributed by atoms with Gasteiger partial charge in [0.15, 0.2) is 0 Å². The molecule has 0 aliphatic carbocycles. The van der Waals surface area contributed by atoms with E-state index < -0.39 is 5.60 Å². The van der Waals surface area contributed by atoms with E-state index in [1.54, 1.807) is 37.3 Å². The molecule has 0 saturated carbocycles. The van der Waals surface area contributed by atoms with Crippen molar-refractivity contribution in [3.63, 3.8) is 0 Å². The van der Waals surface area contributed by atoms with E-state index in [4.69, 9.17) is 4.42 Å². The van der Waals surface area contributed by atoms with Crippen molar-refractivity contribution >= 4 is 0 Å². The Morgan fingerprint density at radius 3 is 2.72 bits per heavy atom. The van der Waals surface area contributed by atoms with Crippen LogP contribution in [0.4, 0.5) is 4.39 Å². The number of benzene rings is 1. The summed E-state index contributed by atoms with van der Waals surface area (Å²) in [5.41, 5.74) is -0.526. The highest BCUT2D eigenvalue weighted by atomic mass is 19.1. The van der Waals surface area contributed by atoms with E-state index in [2.05, 4.69) is 5.32 Å². The van der Waals surface area contributed by atoms with Crippen LogP contribution >= 0.6 is 0 Å². The Kier molecular flexibility index (Phi) is 3.79. The number of halogens is 1. The first kappa shape index (κ1) is 12.8. The summed E-state index contributed by atoms with van der Waals surface area (Å²) in [7, 11) is 0. The second-order valence-corrected chi connectivity index (χ2v) is 4.45. The number of hydrogen-bond acceptors (Lipinski definition) is 3. The van der Waals surface area contributed by atoms with Gasteiger partial charge in [-0.15, -0.1) is 0 Å². The van der Waals surface area contributed by atoms with Crippen LogP contribution in [0.2, 0.25) is 0 Å². The van der Waals surface area contributed by atoms with Gasteiger partial charge in [0, 0.05) is 18.7 Å². The third-order valence-corrected chi connectivity index (χ3v) is 2.79. The fourth-order valence-electron chi connectivity index (χ4n) is 1.75. The normalized spacial score (nSPS) is 14.4. The Labute approximate surface area is 105 Å². The van der Waals surface area contributed by atoms with Gasteiger partial charge in [0.1, 0.15) is 17.2 Å². The lowest BCUT2D eigenvalue weighted by molar-refractivity contribution is 0.0340. The van der Waals surface area contributed by atoms with Gasteiger partial charge in [0.2, 0.25) is 0 Å². The molecule has 1 heterocycles. The minimum Gasteiger partial charge on any atom is -0.466 e. The third-order valence-electron chi connectivity index (χ3n) is 2.79. The van der Waals surface area contributed by atoms with E-state index in [1.807, 2.05) is 0 Å². The first-order valence-corrected chi connectivity index (χ1v) is 5.80. The van der Waals surface area contributed by atoms with E-state index in [0.29, 0.717) is 17.9 Å². The van der Waals surface area contributed by atoms with Crippen LogP contribution in [0.1, 0.15) is 18.2 Å². The maximum atomic E-state index is 13.4. The van der Waals surface area contributed by atoms with Gasteiger partial charge in [-0.3, -0.25) is 0 Å². The fraction of sp³-hybridized carbons (Fsp3) is 0.286. The average Bonchev–Trinajstić information content (AvgIpc) is 2.86. The van der Waals surface area contributed by atoms with Crippen molar-refractivity contribution in [3.8, 4) is 0 Å². The van der Waals surface area contributed by atoms with Crippen molar-refractivity contribution in [2.75, 3.05) is 6.54 Å². The summed E-state index contributed by atoms with van der Waals surface area (Å²) >= 11 is 0. The molecule has 2 N–H and O–H groups in total. The highest BCUT2D eigenvalue weighted by Gasteiger charge is 2.25. The summed E-state index contributed by atoms with van der Waals surface area (Å²) in [5.74, 6) is 0.242. The van der Waals surface area contributed by atoms with E-state index in [-0.39, 0.29) is 12.4 Å². The largest absolute Gasteiger partial charge is 0.466 e. The second-order valence-electron chi connectivity index (χ2n) is 4.45. The zero-order valence-electron chi connectivity index (χ0n) is 10.2. The van der Waals surface area contributed by atoms with Crippen molar-refractivity contribution in [1.82, 2.24) is 5.32 Å². The summed E-state index contributed by atoms with van der Waals surface area (Å²) in [6.45, 7) is 2.30. The molecular formula is C14H16FNO2. The van der Waals surface area contributed by atoms with Crippen LogP contribution in [0.5, 0.6) is 0 Å². The number of rotatable bonds is 5. The molecule has 1 aromatic heterocycles. The molecule has 0 amide bonds. The quantitative estimate of drug-likeness (QED) is 0.855. The molecule has 0 aliphatic heterocycles. The molecule has 0 fully saturated rings.